The number of nitrogens with zero attached hydrogens (tertiary/aromatic N) is 1. The fourth-order valence-corrected chi connectivity index (χ4v) is 1.24. The molecule has 88 valence electrons. The zero-order chi connectivity index (χ0) is 11.7. The third-order valence-electron chi connectivity index (χ3n) is 2.47. The minimum Gasteiger partial charge on any atom is -0.446 e. The Morgan fingerprint density at radius 1 is 1.75 bits per heavy atom. The molecule has 1 aliphatic carbocycles. The molecule has 1 saturated carbocycles. The number of amides is 1. The molecular weight excluding hydrogens is 210 g/mol. The lowest BCUT2D eigenvalue weighted by atomic mass is 10.2. The molecule has 4 N–H and O–H groups in total. The van der Waals surface area contributed by atoms with E-state index in [1.54, 1.807) is 6.92 Å². The Hall–Kier alpha value is -1.40. The molecule has 2 rings (SSSR count). The van der Waals surface area contributed by atoms with Gasteiger partial charge in [0, 0.05) is 6.04 Å². The van der Waals surface area contributed by atoms with Gasteiger partial charge in [0.2, 0.25) is 5.89 Å². The Labute approximate surface area is 92.8 Å². The highest BCUT2D eigenvalue weighted by Crippen LogP contribution is 2.20. The SMILES string of the molecule is CC(O)C(N)c1nc(C(=O)NC2CC2)co1. The van der Waals surface area contributed by atoms with E-state index in [4.69, 9.17) is 10.2 Å². The zero-order valence-electron chi connectivity index (χ0n) is 9.01. The summed E-state index contributed by atoms with van der Waals surface area (Å²) in [5, 5.41) is 12.0. The molecule has 2 unspecified atom stereocenters. The van der Waals surface area contributed by atoms with Crippen molar-refractivity contribution in [2.24, 2.45) is 5.73 Å². The summed E-state index contributed by atoms with van der Waals surface area (Å²) in [6, 6.07) is -0.430. The first-order chi connectivity index (χ1) is 7.58. The summed E-state index contributed by atoms with van der Waals surface area (Å²) in [7, 11) is 0. The normalized spacial score (nSPS) is 19.2. The summed E-state index contributed by atoms with van der Waals surface area (Å²) in [6.45, 7) is 1.54. The number of nitrogens with two attached hydrogens (primary N) is 1. The fourth-order valence-electron chi connectivity index (χ4n) is 1.24. The molecule has 0 radical (unpaired) electrons. The number of rotatable bonds is 4. The second kappa shape index (κ2) is 4.23. The van der Waals surface area contributed by atoms with Gasteiger partial charge in [0.1, 0.15) is 12.3 Å². The van der Waals surface area contributed by atoms with Crippen LogP contribution in [0.3, 0.4) is 0 Å². The molecule has 0 aliphatic heterocycles. The van der Waals surface area contributed by atoms with Gasteiger partial charge >= 0.3 is 0 Å². The van der Waals surface area contributed by atoms with Gasteiger partial charge in [-0.05, 0) is 19.8 Å². The third kappa shape index (κ3) is 2.40. The molecule has 1 fully saturated rings. The Kier molecular flexibility index (Phi) is 2.93. The van der Waals surface area contributed by atoms with Crippen molar-refractivity contribution in [1.29, 1.82) is 0 Å². The molecule has 2 atom stereocenters. The molecule has 1 aromatic heterocycles. The quantitative estimate of drug-likeness (QED) is 0.666. The van der Waals surface area contributed by atoms with E-state index in [0.717, 1.165) is 12.8 Å². The van der Waals surface area contributed by atoms with Crippen molar-refractivity contribution in [3.8, 4) is 0 Å². The van der Waals surface area contributed by atoms with Crippen molar-refractivity contribution in [2.45, 2.75) is 38.0 Å². The molecule has 0 aromatic carbocycles. The van der Waals surface area contributed by atoms with Gasteiger partial charge in [-0.3, -0.25) is 4.79 Å². The van der Waals surface area contributed by atoms with E-state index in [-0.39, 0.29) is 23.5 Å². The number of nitrogens with one attached hydrogen (secondary N) is 1. The Morgan fingerprint density at radius 3 is 3.00 bits per heavy atom. The predicted octanol–water partition coefficient (Wildman–Crippen LogP) is -0.0526. The van der Waals surface area contributed by atoms with E-state index in [0.29, 0.717) is 0 Å². The van der Waals surface area contributed by atoms with Crippen molar-refractivity contribution in [1.82, 2.24) is 10.3 Å². The lowest BCUT2D eigenvalue weighted by Crippen LogP contribution is -2.26. The highest BCUT2D eigenvalue weighted by molar-refractivity contribution is 5.92. The molecule has 6 heteroatoms. The summed E-state index contributed by atoms with van der Waals surface area (Å²) in [5.41, 5.74) is 5.83. The van der Waals surface area contributed by atoms with Crippen molar-refractivity contribution >= 4 is 5.91 Å². The summed E-state index contributed by atoms with van der Waals surface area (Å²) < 4.78 is 5.05. The van der Waals surface area contributed by atoms with Crippen molar-refractivity contribution in [2.75, 3.05) is 0 Å². The van der Waals surface area contributed by atoms with Crippen molar-refractivity contribution < 1.29 is 14.3 Å². The topological polar surface area (TPSA) is 101 Å². The van der Waals surface area contributed by atoms with Crippen LogP contribution in [0.4, 0.5) is 0 Å². The molecule has 16 heavy (non-hydrogen) atoms. The first-order valence-corrected chi connectivity index (χ1v) is 5.28. The monoisotopic (exact) mass is 225 g/mol. The van der Waals surface area contributed by atoms with Crippen LogP contribution in [0.5, 0.6) is 0 Å². The number of carbonyl (C=O) groups excluding carboxylic acids is 1. The number of carbonyl (C=O) groups is 1. The maximum absolute atomic E-state index is 11.6. The molecule has 1 heterocycles. The number of aliphatic hydroxyl groups excluding tert-OH is 1. The molecule has 1 aliphatic rings. The van der Waals surface area contributed by atoms with E-state index in [1.165, 1.54) is 6.26 Å². The molecule has 6 nitrogen and oxygen atoms in total. The molecule has 1 amide bonds. The van der Waals surface area contributed by atoms with Crippen LogP contribution in [0.1, 0.15) is 42.2 Å². The van der Waals surface area contributed by atoms with Gasteiger partial charge in [-0.1, -0.05) is 0 Å². The number of aliphatic hydroxyl groups is 1. The second-order valence-corrected chi connectivity index (χ2v) is 4.09. The zero-order valence-corrected chi connectivity index (χ0v) is 9.01. The summed E-state index contributed by atoms with van der Waals surface area (Å²) in [6.07, 6.45) is 2.53. The van der Waals surface area contributed by atoms with Gasteiger partial charge in [0.25, 0.3) is 5.91 Å². The average molecular weight is 225 g/mol. The minimum atomic E-state index is -0.766. The number of hydrogen-bond acceptors (Lipinski definition) is 5. The lowest BCUT2D eigenvalue weighted by Gasteiger charge is -2.09. The smallest absolute Gasteiger partial charge is 0.273 e. The van der Waals surface area contributed by atoms with Crippen LogP contribution in [-0.2, 0) is 0 Å². The molecule has 0 saturated heterocycles. The summed E-state index contributed by atoms with van der Waals surface area (Å²) in [5.74, 6) is -0.0776. The van der Waals surface area contributed by atoms with E-state index in [9.17, 15) is 9.90 Å². The lowest BCUT2D eigenvalue weighted by molar-refractivity contribution is 0.0945. The van der Waals surface area contributed by atoms with Gasteiger partial charge in [0.15, 0.2) is 5.69 Å². The Balaban J connectivity index is 2.03. The fraction of sp³-hybridized carbons (Fsp3) is 0.600. The van der Waals surface area contributed by atoms with E-state index >= 15 is 0 Å². The van der Waals surface area contributed by atoms with Crippen LogP contribution in [0.2, 0.25) is 0 Å². The molecule has 1 aromatic rings. The van der Waals surface area contributed by atoms with E-state index in [2.05, 4.69) is 10.3 Å². The Bertz CT molecular complexity index is 384. The summed E-state index contributed by atoms with van der Waals surface area (Å²) >= 11 is 0. The number of oxazole rings is 1. The van der Waals surface area contributed by atoms with Crippen molar-refractivity contribution in [3.05, 3.63) is 17.8 Å². The molecule has 0 bridgehead atoms. The van der Waals surface area contributed by atoms with E-state index < -0.39 is 12.1 Å². The molecular formula is C10H15N3O3. The largest absolute Gasteiger partial charge is 0.446 e. The van der Waals surface area contributed by atoms with Gasteiger partial charge in [-0.25, -0.2) is 4.98 Å². The van der Waals surface area contributed by atoms with Crippen LogP contribution < -0.4 is 11.1 Å². The standard InChI is InChI=1S/C10H15N3O3/c1-5(14)8(11)10-13-7(4-16-10)9(15)12-6-2-3-6/h4-6,8,14H,2-3,11H2,1H3,(H,12,15). The van der Waals surface area contributed by atoms with Crippen molar-refractivity contribution in [3.63, 3.8) is 0 Å². The second-order valence-electron chi connectivity index (χ2n) is 4.09. The molecule has 0 spiro atoms. The first kappa shape index (κ1) is 11.1. The van der Waals surface area contributed by atoms with Crippen LogP contribution in [0.15, 0.2) is 10.7 Å². The van der Waals surface area contributed by atoms with Gasteiger partial charge in [0.05, 0.1) is 6.10 Å². The maximum Gasteiger partial charge on any atom is 0.273 e. The van der Waals surface area contributed by atoms with Crippen LogP contribution in [0, 0.1) is 0 Å². The van der Waals surface area contributed by atoms with E-state index in [1.807, 2.05) is 0 Å². The third-order valence-corrected chi connectivity index (χ3v) is 2.47. The average Bonchev–Trinajstić information content (AvgIpc) is 2.92. The van der Waals surface area contributed by atoms with Crippen LogP contribution >= 0.6 is 0 Å². The van der Waals surface area contributed by atoms with Gasteiger partial charge < -0.3 is 20.6 Å². The number of hydrogen-bond donors (Lipinski definition) is 3. The van der Waals surface area contributed by atoms with Gasteiger partial charge in [-0.2, -0.15) is 0 Å². The summed E-state index contributed by atoms with van der Waals surface area (Å²) in [4.78, 5) is 15.5. The highest BCUT2D eigenvalue weighted by atomic mass is 16.3. The predicted molar refractivity (Wildman–Crippen MR) is 55.6 cm³/mol. The van der Waals surface area contributed by atoms with Gasteiger partial charge in [-0.15, -0.1) is 0 Å². The van der Waals surface area contributed by atoms with Crippen LogP contribution in [-0.4, -0.2) is 28.1 Å². The van der Waals surface area contributed by atoms with Crippen LogP contribution in [0.25, 0.3) is 0 Å². The highest BCUT2D eigenvalue weighted by Gasteiger charge is 2.26. The minimum absolute atomic E-state index is 0.177. The number of aromatic nitrogens is 1. The first-order valence-electron chi connectivity index (χ1n) is 5.28. The Morgan fingerprint density at radius 2 is 2.44 bits per heavy atom. The maximum atomic E-state index is 11.6.